The molecule has 0 spiro atoms. The number of methoxy groups -OCH3 is 3. The minimum Gasteiger partial charge on any atom is -0.493 e. The van der Waals surface area contributed by atoms with E-state index in [2.05, 4.69) is 12.1 Å². The number of aliphatic hydroxyl groups is 1. The molecular weight excluding hydrogens is 475 g/mol. The molecule has 1 heterocycles. The fourth-order valence-electron chi connectivity index (χ4n) is 5.50. The highest BCUT2D eigenvalue weighted by Crippen LogP contribution is 2.76. The summed E-state index contributed by atoms with van der Waals surface area (Å²) in [7, 11) is 4.64. The van der Waals surface area contributed by atoms with Crippen LogP contribution in [0, 0.1) is 11.3 Å². The molecule has 180 valence electrons. The molecular formula is C27H28Cl2O5. The SMILES string of the molecule is COc1cc([C@@](O)(c2ccc3cc4c(cc3c2)COC4)[C@]2(C)[C@H](C)C2(Cl)Cl)cc(OC)c1OC. The molecule has 3 aromatic rings. The summed E-state index contributed by atoms with van der Waals surface area (Å²) in [5, 5.41) is 14.8. The second-order valence-corrected chi connectivity index (χ2v) is 10.7. The van der Waals surface area contributed by atoms with Crippen LogP contribution in [-0.4, -0.2) is 30.8 Å². The lowest BCUT2D eigenvalue weighted by atomic mass is 9.72. The number of benzene rings is 3. The van der Waals surface area contributed by atoms with Crippen molar-refractivity contribution in [1.29, 1.82) is 0 Å². The Morgan fingerprint density at radius 3 is 1.94 bits per heavy atom. The average molecular weight is 503 g/mol. The first-order valence-corrected chi connectivity index (χ1v) is 11.9. The van der Waals surface area contributed by atoms with Gasteiger partial charge >= 0.3 is 0 Å². The van der Waals surface area contributed by atoms with Crippen LogP contribution in [-0.2, 0) is 23.6 Å². The van der Waals surface area contributed by atoms with Gasteiger partial charge in [0.1, 0.15) is 9.93 Å². The van der Waals surface area contributed by atoms with Gasteiger partial charge in [-0.3, -0.25) is 0 Å². The molecule has 2 aliphatic rings. The van der Waals surface area contributed by atoms with E-state index in [1.54, 1.807) is 33.5 Å². The molecule has 34 heavy (non-hydrogen) atoms. The van der Waals surface area contributed by atoms with E-state index in [4.69, 9.17) is 42.1 Å². The highest BCUT2D eigenvalue weighted by atomic mass is 35.5. The number of hydrogen-bond donors (Lipinski definition) is 1. The summed E-state index contributed by atoms with van der Waals surface area (Å²) in [5.41, 5.74) is 1.17. The van der Waals surface area contributed by atoms with E-state index in [1.165, 1.54) is 5.56 Å². The average Bonchev–Trinajstić information content (AvgIpc) is 3.15. The zero-order valence-corrected chi connectivity index (χ0v) is 21.4. The van der Waals surface area contributed by atoms with Gasteiger partial charge in [-0.15, -0.1) is 23.2 Å². The third-order valence-corrected chi connectivity index (χ3v) is 9.38. The van der Waals surface area contributed by atoms with Crippen LogP contribution in [0.1, 0.15) is 36.1 Å². The van der Waals surface area contributed by atoms with Crippen molar-refractivity contribution >= 4 is 34.0 Å². The molecule has 0 bridgehead atoms. The number of hydrogen-bond acceptors (Lipinski definition) is 5. The monoisotopic (exact) mass is 502 g/mol. The van der Waals surface area contributed by atoms with E-state index in [0.717, 1.165) is 16.3 Å². The molecule has 3 atom stereocenters. The second kappa shape index (κ2) is 7.92. The van der Waals surface area contributed by atoms with Crippen molar-refractivity contribution in [2.24, 2.45) is 11.3 Å². The lowest BCUT2D eigenvalue weighted by Gasteiger charge is -2.38. The van der Waals surface area contributed by atoms with Crippen molar-refractivity contribution in [2.75, 3.05) is 21.3 Å². The maximum Gasteiger partial charge on any atom is 0.203 e. The van der Waals surface area contributed by atoms with Crippen molar-refractivity contribution in [3.63, 3.8) is 0 Å². The van der Waals surface area contributed by atoms with Crippen LogP contribution in [0.3, 0.4) is 0 Å². The summed E-state index contributed by atoms with van der Waals surface area (Å²) >= 11 is 13.6. The van der Waals surface area contributed by atoms with E-state index in [-0.39, 0.29) is 5.92 Å². The highest BCUT2D eigenvalue weighted by Gasteiger charge is 2.79. The summed E-state index contributed by atoms with van der Waals surface area (Å²) in [4.78, 5) is 0. The fourth-order valence-corrected chi connectivity index (χ4v) is 6.43. The molecule has 0 amide bonds. The van der Waals surface area contributed by atoms with Crippen molar-refractivity contribution in [2.45, 2.75) is 37.0 Å². The summed E-state index contributed by atoms with van der Waals surface area (Å²) in [6, 6.07) is 13.8. The molecule has 0 unspecified atom stereocenters. The number of rotatable bonds is 6. The van der Waals surface area contributed by atoms with Crippen LogP contribution in [0.5, 0.6) is 17.2 Å². The van der Waals surface area contributed by atoms with Crippen molar-refractivity contribution in [3.05, 3.63) is 64.7 Å². The summed E-state index contributed by atoms with van der Waals surface area (Å²) < 4.78 is 21.1. The lowest BCUT2D eigenvalue weighted by Crippen LogP contribution is -2.40. The van der Waals surface area contributed by atoms with Crippen molar-refractivity contribution in [3.8, 4) is 17.2 Å². The highest BCUT2D eigenvalue weighted by molar-refractivity contribution is 6.52. The van der Waals surface area contributed by atoms with Gasteiger partial charge in [-0.2, -0.15) is 0 Å². The van der Waals surface area contributed by atoms with Crippen LogP contribution in [0.25, 0.3) is 10.8 Å². The number of halogens is 2. The van der Waals surface area contributed by atoms with Crippen LogP contribution >= 0.6 is 23.2 Å². The Labute approximate surface area is 209 Å². The maximum absolute atomic E-state index is 12.7. The predicted octanol–water partition coefficient (Wildman–Crippen LogP) is 5.96. The predicted molar refractivity (Wildman–Crippen MR) is 133 cm³/mol. The lowest BCUT2D eigenvalue weighted by molar-refractivity contribution is 0.00128. The maximum atomic E-state index is 12.7. The molecule has 5 nitrogen and oxygen atoms in total. The van der Waals surface area contributed by atoms with E-state index in [1.807, 2.05) is 32.0 Å². The van der Waals surface area contributed by atoms with Gasteiger partial charge in [0.05, 0.1) is 34.5 Å². The molecule has 1 aliphatic carbocycles. The van der Waals surface area contributed by atoms with Gasteiger partial charge < -0.3 is 24.1 Å². The van der Waals surface area contributed by atoms with Crippen LogP contribution in [0.4, 0.5) is 0 Å². The van der Waals surface area contributed by atoms with E-state index < -0.39 is 15.3 Å². The number of alkyl halides is 2. The Morgan fingerprint density at radius 2 is 1.44 bits per heavy atom. The molecule has 0 aromatic heterocycles. The van der Waals surface area contributed by atoms with Crippen LogP contribution < -0.4 is 14.2 Å². The second-order valence-electron chi connectivity index (χ2n) is 9.35. The fraction of sp³-hybridized carbons (Fsp3) is 0.407. The third kappa shape index (κ3) is 3.00. The van der Waals surface area contributed by atoms with Gasteiger partial charge in [-0.25, -0.2) is 0 Å². The first-order chi connectivity index (χ1) is 16.1. The normalized spacial score (nSPS) is 24.4. The smallest absolute Gasteiger partial charge is 0.203 e. The Kier molecular flexibility index (Phi) is 5.49. The molecule has 1 saturated carbocycles. The van der Waals surface area contributed by atoms with E-state index in [9.17, 15) is 5.11 Å². The minimum atomic E-state index is -1.55. The van der Waals surface area contributed by atoms with Gasteiger partial charge in [0.15, 0.2) is 11.5 Å². The standard InChI is InChI=1S/C27H28Cl2O5/c1-15-25(2,27(15,28)29)26(30,21-11-22(31-3)24(33-5)23(12-21)32-4)20-7-6-16-8-18-13-34-14-19(18)9-17(16)10-20/h6-12,15,30H,13-14H2,1-5H3/t15-,25-,26-/m0/s1. The quantitative estimate of drug-likeness (QED) is 0.421. The summed E-state index contributed by atoms with van der Waals surface area (Å²) in [5.74, 6) is 1.15. The topological polar surface area (TPSA) is 57.2 Å². The molecule has 3 aromatic carbocycles. The van der Waals surface area contributed by atoms with Gasteiger partial charge in [0, 0.05) is 11.3 Å². The van der Waals surface area contributed by atoms with E-state index in [0.29, 0.717) is 41.6 Å². The van der Waals surface area contributed by atoms with Crippen LogP contribution in [0.2, 0.25) is 0 Å². The first kappa shape index (κ1) is 23.6. The molecule has 1 N–H and O–H groups in total. The molecule has 7 heteroatoms. The Morgan fingerprint density at radius 1 is 0.882 bits per heavy atom. The van der Waals surface area contributed by atoms with Crippen molar-refractivity contribution < 1.29 is 24.1 Å². The number of fused-ring (bicyclic) bond motifs is 2. The summed E-state index contributed by atoms with van der Waals surface area (Å²) in [6.07, 6.45) is 0. The van der Waals surface area contributed by atoms with Crippen molar-refractivity contribution in [1.82, 2.24) is 0 Å². The zero-order chi connectivity index (χ0) is 24.5. The molecule has 1 aliphatic heterocycles. The Balaban J connectivity index is 1.77. The van der Waals surface area contributed by atoms with Gasteiger partial charge in [0.2, 0.25) is 5.75 Å². The molecule has 0 saturated heterocycles. The zero-order valence-electron chi connectivity index (χ0n) is 19.9. The Hall–Kier alpha value is -2.18. The molecule has 0 radical (unpaired) electrons. The largest absolute Gasteiger partial charge is 0.493 e. The first-order valence-electron chi connectivity index (χ1n) is 11.2. The third-order valence-electron chi connectivity index (χ3n) is 7.94. The molecule has 1 fully saturated rings. The van der Waals surface area contributed by atoms with E-state index >= 15 is 0 Å². The summed E-state index contributed by atoms with van der Waals surface area (Å²) in [6.45, 7) is 5.09. The minimum absolute atomic E-state index is 0.184. The molecule has 5 rings (SSSR count). The number of ether oxygens (including phenoxy) is 4. The van der Waals surface area contributed by atoms with Gasteiger partial charge in [-0.05, 0) is 63.4 Å². The van der Waals surface area contributed by atoms with Gasteiger partial charge in [-0.1, -0.05) is 26.0 Å². The van der Waals surface area contributed by atoms with Gasteiger partial charge in [0.25, 0.3) is 0 Å². The Bertz CT molecular complexity index is 1260. The van der Waals surface area contributed by atoms with Crippen LogP contribution in [0.15, 0.2) is 42.5 Å².